The number of aryl methyl sites for hydroxylation is 1. The molecule has 1 saturated carbocycles. The van der Waals surface area contributed by atoms with Gasteiger partial charge in [-0.15, -0.1) is 10.2 Å². The summed E-state index contributed by atoms with van der Waals surface area (Å²) in [4.78, 5) is 12.0. The number of carbonyl (C=O) groups excluding carboxylic acids is 1. The monoisotopic (exact) mass is 316 g/mol. The Morgan fingerprint density at radius 3 is 2.96 bits per heavy atom. The summed E-state index contributed by atoms with van der Waals surface area (Å²) in [7, 11) is 0. The highest BCUT2D eigenvalue weighted by Crippen LogP contribution is 2.28. The van der Waals surface area contributed by atoms with Crippen LogP contribution in [-0.4, -0.2) is 30.5 Å². The van der Waals surface area contributed by atoms with Gasteiger partial charge in [-0.05, 0) is 25.3 Å². The maximum absolute atomic E-state index is 12.0. The van der Waals surface area contributed by atoms with Crippen molar-refractivity contribution in [3.05, 3.63) is 30.6 Å². The molecule has 0 aliphatic heterocycles. The van der Waals surface area contributed by atoms with Crippen LogP contribution in [-0.2, 0) is 17.9 Å². The molecule has 1 amide bonds. The lowest BCUT2D eigenvalue weighted by Crippen LogP contribution is -2.26. The first-order valence-electron chi connectivity index (χ1n) is 8.45. The van der Waals surface area contributed by atoms with Crippen molar-refractivity contribution in [2.75, 3.05) is 0 Å². The molecule has 1 fully saturated rings. The zero-order valence-corrected chi connectivity index (χ0v) is 13.4. The van der Waals surface area contributed by atoms with Gasteiger partial charge in [-0.3, -0.25) is 9.48 Å². The molecule has 2 heterocycles. The molecule has 23 heavy (non-hydrogen) atoms. The van der Waals surface area contributed by atoms with Crippen molar-refractivity contribution in [3.8, 4) is 0 Å². The lowest BCUT2D eigenvalue weighted by Gasteiger charge is -2.24. The van der Waals surface area contributed by atoms with Crippen LogP contribution in [0.1, 0.15) is 56.8 Å². The molecule has 1 N–H and O–H groups in total. The molecule has 3 rings (SSSR count). The van der Waals surface area contributed by atoms with Crippen molar-refractivity contribution in [3.63, 3.8) is 0 Å². The van der Waals surface area contributed by atoms with Gasteiger partial charge in [-0.2, -0.15) is 5.10 Å². The summed E-state index contributed by atoms with van der Waals surface area (Å²) in [5, 5.41) is 15.3. The molecule has 2 aromatic rings. The molecule has 7 heteroatoms. The fourth-order valence-electron chi connectivity index (χ4n) is 3.16. The Balaban J connectivity index is 1.43. The van der Waals surface area contributed by atoms with Gasteiger partial charge in [-0.1, -0.05) is 19.3 Å². The van der Waals surface area contributed by atoms with Gasteiger partial charge in [0.25, 0.3) is 0 Å². The minimum absolute atomic E-state index is 0.0513. The summed E-state index contributed by atoms with van der Waals surface area (Å²) in [6, 6.07) is 2.38. The van der Waals surface area contributed by atoms with Crippen LogP contribution >= 0.6 is 0 Å². The number of nitrogens with zero attached hydrogens (tertiary/aromatic N) is 5. The van der Waals surface area contributed by atoms with Gasteiger partial charge < -0.3 is 9.88 Å². The van der Waals surface area contributed by atoms with Gasteiger partial charge in [0, 0.05) is 31.4 Å². The van der Waals surface area contributed by atoms with E-state index in [4.69, 9.17) is 0 Å². The van der Waals surface area contributed by atoms with E-state index in [1.165, 1.54) is 32.1 Å². The highest BCUT2D eigenvalue weighted by atomic mass is 16.1. The van der Waals surface area contributed by atoms with Gasteiger partial charge in [0.2, 0.25) is 5.91 Å². The predicted octanol–water partition coefficient (Wildman–Crippen LogP) is 2.08. The first-order valence-corrected chi connectivity index (χ1v) is 8.45. The standard InChI is InChI=1S/C16H24N6O/c23-16(8-4-10-21-11-5-9-19-21)17-12-15-20-18-13-22(15)14-6-2-1-3-7-14/h5,9,11,13-14H,1-4,6-8,10,12H2,(H,17,23). The average molecular weight is 316 g/mol. The largest absolute Gasteiger partial charge is 0.349 e. The maximum atomic E-state index is 12.0. The molecule has 0 atom stereocenters. The SMILES string of the molecule is O=C(CCCn1cccn1)NCc1nncn1C1CCCCC1. The van der Waals surface area contributed by atoms with Gasteiger partial charge in [0.05, 0.1) is 6.54 Å². The van der Waals surface area contributed by atoms with Crippen molar-refractivity contribution in [2.24, 2.45) is 0 Å². The van der Waals surface area contributed by atoms with Crippen LogP contribution < -0.4 is 5.32 Å². The van der Waals surface area contributed by atoms with Crippen molar-refractivity contribution in [2.45, 2.75) is 64.1 Å². The van der Waals surface area contributed by atoms with E-state index in [1.54, 1.807) is 12.5 Å². The number of amides is 1. The van der Waals surface area contributed by atoms with E-state index in [-0.39, 0.29) is 5.91 Å². The number of rotatable bonds is 7. The van der Waals surface area contributed by atoms with E-state index in [9.17, 15) is 4.79 Å². The summed E-state index contributed by atoms with van der Waals surface area (Å²) in [6.45, 7) is 1.22. The highest BCUT2D eigenvalue weighted by molar-refractivity contribution is 5.75. The third-order valence-electron chi connectivity index (χ3n) is 4.41. The predicted molar refractivity (Wildman–Crippen MR) is 85.5 cm³/mol. The summed E-state index contributed by atoms with van der Waals surface area (Å²) in [5.41, 5.74) is 0. The van der Waals surface area contributed by atoms with Crippen LogP contribution in [0.3, 0.4) is 0 Å². The molecule has 2 aromatic heterocycles. The molecule has 7 nitrogen and oxygen atoms in total. The first-order chi connectivity index (χ1) is 11.3. The number of nitrogens with one attached hydrogen (secondary N) is 1. The molecule has 1 aliphatic carbocycles. The Morgan fingerprint density at radius 2 is 2.17 bits per heavy atom. The second-order valence-electron chi connectivity index (χ2n) is 6.10. The molecular weight excluding hydrogens is 292 g/mol. The molecule has 1 aliphatic rings. The fraction of sp³-hybridized carbons (Fsp3) is 0.625. The van der Waals surface area contributed by atoms with Crippen molar-refractivity contribution >= 4 is 5.91 Å². The molecule has 124 valence electrons. The summed E-state index contributed by atoms with van der Waals surface area (Å²) >= 11 is 0. The van der Waals surface area contributed by atoms with Crippen LogP contribution in [0.4, 0.5) is 0 Å². The molecule has 0 unspecified atom stereocenters. The summed E-state index contributed by atoms with van der Waals surface area (Å²) in [5.74, 6) is 0.910. The minimum Gasteiger partial charge on any atom is -0.349 e. The van der Waals surface area contributed by atoms with Gasteiger partial charge in [-0.25, -0.2) is 0 Å². The van der Waals surface area contributed by atoms with Gasteiger partial charge in [0.15, 0.2) is 5.82 Å². The molecule has 0 spiro atoms. The molecule has 0 bridgehead atoms. The van der Waals surface area contributed by atoms with E-state index in [1.807, 2.05) is 16.9 Å². The zero-order valence-electron chi connectivity index (χ0n) is 13.4. The van der Waals surface area contributed by atoms with Gasteiger partial charge in [0.1, 0.15) is 6.33 Å². The summed E-state index contributed by atoms with van der Waals surface area (Å²) in [6.07, 6.45) is 13.0. The van der Waals surface area contributed by atoms with Crippen LogP contribution in [0.5, 0.6) is 0 Å². The Bertz CT molecular complexity index is 600. The third kappa shape index (κ3) is 4.40. The molecule has 0 radical (unpaired) electrons. The molecular formula is C16H24N6O. The lowest BCUT2D eigenvalue weighted by atomic mass is 9.95. The van der Waals surface area contributed by atoms with E-state index in [0.717, 1.165) is 18.8 Å². The van der Waals surface area contributed by atoms with Crippen LogP contribution in [0.15, 0.2) is 24.8 Å². The quantitative estimate of drug-likeness (QED) is 0.848. The van der Waals surface area contributed by atoms with Crippen molar-refractivity contribution < 1.29 is 4.79 Å². The third-order valence-corrected chi connectivity index (χ3v) is 4.41. The topological polar surface area (TPSA) is 77.6 Å². The number of carbonyl (C=O) groups is 1. The van der Waals surface area contributed by atoms with Crippen LogP contribution in [0, 0.1) is 0 Å². The second kappa shape index (κ2) is 7.89. The second-order valence-corrected chi connectivity index (χ2v) is 6.10. The summed E-state index contributed by atoms with van der Waals surface area (Å²) < 4.78 is 3.98. The minimum atomic E-state index is 0.0513. The van der Waals surface area contributed by atoms with Crippen LogP contribution in [0.25, 0.3) is 0 Å². The Labute approximate surface area is 136 Å². The Hall–Kier alpha value is -2.18. The van der Waals surface area contributed by atoms with Crippen LogP contribution in [0.2, 0.25) is 0 Å². The Kier molecular flexibility index (Phi) is 5.39. The lowest BCUT2D eigenvalue weighted by molar-refractivity contribution is -0.121. The van der Waals surface area contributed by atoms with Gasteiger partial charge >= 0.3 is 0 Å². The van der Waals surface area contributed by atoms with E-state index in [2.05, 4.69) is 25.2 Å². The normalized spacial score (nSPS) is 15.7. The van der Waals surface area contributed by atoms with E-state index in [0.29, 0.717) is 19.0 Å². The smallest absolute Gasteiger partial charge is 0.220 e. The molecule has 0 saturated heterocycles. The average Bonchev–Trinajstić information content (AvgIpc) is 3.25. The van der Waals surface area contributed by atoms with E-state index < -0.39 is 0 Å². The number of aromatic nitrogens is 5. The first kappa shape index (κ1) is 15.7. The highest BCUT2D eigenvalue weighted by Gasteiger charge is 2.18. The zero-order chi connectivity index (χ0) is 15.9. The fourth-order valence-corrected chi connectivity index (χ4v) is 3.16. The molecule has 0 aromatic carbocycles. The van der Waals surface area contributed by atoms with E-state index >= 15 is 0 Å². The number of hydrogen-bond donors (Lipinski definition) is 1. The Morgan fingerprint density at radius 1 is 1.30 bits per heavy atom. The number of hydrogen-bond acceptors (Lipinski definition) is 4. The maximum Gasteiger partial charge on any atom is 0.220 e. The van der Waals surface area contributed by atoms with Crippen molar-refractivity contribution in [1.29, 1.82) is 0 Å². The van der Waals surface area contributed by atoms with Crippen molar-refractivity contribution in [1.82, 2.24) is 29.9 Å².